The van der Waals surface area contributed by atoms with E-state index in [0.717, 1.165) is 42.1 Å². The van der Waals surface area contributed by atoms with E-state index in [9.17, 15) is 14.7 Å². The van der Waals surface area contributed by atoms with Crippen molar-refractivity contribution in [1.82, 2.24) is 4.90 Å². The fourth-order valence-corrected chi connectivity index (χ4v) is 4.57. The Kier molecular flexibility index (Phi) is 5.36. The Morgan fingerprint density at radius 2 is 1.57 bits per heavy atom. The molecule has 0 unspecified atom stereocenters. The van der Waals surface area contributed by atoms with Crippen LogP contribution in [0.25, 0.3) is 5.76 Å². The van der Waals surface area contributed by atoms with Crippen molar-refractivity contribution in [3.63, 3.8) is 0 Å². The summed E-state index contributed by atoms with van der Waals surface area (Å²) in [6.45, 7) is 0. The summed E-state index contributed by atoms with van der Waals surface area (Å²) in [4.78, 5) is 27.8. The lowest BCUT2D eigenvalue weighted by Gasteiger charge is -2.35. The van der Waals surface area contributed by atoms with Gasteiger partial charge in [-0.2, -0.15) is 0 Å². The van der Waals surface area contributed by atoms with Crippen LogP contribution < -0.4 is 0 Å². The summed E-state index contributed by atoms with van der Waals surface area (Å²) in [5, 5.41) is 11.0. The van der Waals surface area contributed by atoms with Gasteiger partial charge in [0, 0.05) is 16.1 Å². The number of hydrogen-bond acceptors (Lipinski definition) is 3. The summed E-state index contributed by atoms with van der Waals surface area (Å²) in [6, 6.07) is 16.1. The zero-order valence-electron chi connectivity index (χ0n) is 15.5. The van der Waals surface area contributed by atoms with Gasteiger partial charge < -0.3 is 10.0 Å². The molecule has 1 heterocycles. The fraction of sp³-hybridized carbons (Fsp3) is 0.304. The second-order valence-electron chi connectivity index (χ2n) is 7.42. The second-order valence-corrected chi connectivity index (χ2v) is 8.33. The summed E-state index contributed by atoms with van der Waals surface area (Å²) < 4.78 is 0.925. The summed E-state index contributed by atoms with van der Waals surface area (Å²) in [5.74, 6) is -1.21. The van der Waals surface area contributed by atoms with E-state index in [1.807, 2.05) is 30.3 Å². The van der Waals surface area contributed by atoms with Crippen LogP contribution >= 0.6 is 15.9 Å². The van der Waals surface area contributed by atoms with Gasteiger partial charge in [-0.25, -0.2) is 0 Å². The third-order valence-corrected chi connectivity index (χ3v) is 6.21. The maximum absolute atomic E-state index is 13.0. The standard InChI is InChI=1S/C23H22BrNO3/c24-17-13-11-15(12-14-17)20-19(21(26)16-7-3-1-4-8-16)22(27)23(28)25(20)18-9-5-2-6-10-18/h1,3-4,7-8,11-14,18,20,26H,2,5-6,9-10H2/t20-/m0/s1. The second kappa shape index (κ2) is 7.92. The summed E-state index contributed by atoms with van der Waals surface area (Å²) in [7, 11) is 0. The normalized spacial score (nSPS) is 22.6. The molecule has 1 N–H and O–H groups in total. The number of ketones is 1. The van der Waals surface area contributed by atoms with Gasteiger partial charge in [-0.15, -0.1) is 0 Å². The molecule has 2 fully saturated rings. The third-order valence-electron chi connectivity index (χ3n) is 5.68. The van der Waals surface area contributed by atoms with Crippen LogP contribution in [0.3, 0.4) is 0 Å². The van der Waals surface area contributed by atoms with E-state index >= 15 is 0 Å². The average molecular weight is 440 g/mol. The number of likely N-dealkylation sites (tertiary alicyclic amines) is 1. The molecular formula is C23H22BrNO3. The molecule has 5 heteroatoms. The molecule has 1 aliphatic carbocycles. The fourth-order valence-electron chi connectivity index (χ4n) is 4.31. The molecule has 2 aromatic rings. The number of amides is 1. The summed E-state index contributed by atoms with van der Waals surface area (Å²) in [6.07, 6.45) is 5.06. The van der Waals surface area contributed by atoms with Crippen molar-refractivity contribution in [2.24, 2.45) is 0 Å². The Bertz CT molecular complexity index is 915. The number of rotatable bonds is 3. The predicted molar refractivity (Wildman–Crippen MR) is 112 cm³/mol. The number of aliphatic hydroxyl groups is 1. The first-order valence-corrected chi connectivity index (χ1v) is 10.5. The van der Waals surface area contributed by atoms with Crippen LogP contribution in [0.15, 0.2) is 64.6 Å². The van der Waals surface area contributed by atoms with Crippen LogP contribution in [-0.2, 0) is 9.59 Å². The highest BCUT2D eigenvalue weighted by Gasteiger charge is 2.48. The molecule has 28 heavy (non-hydrogen) atoms. The van der Waals surface area contributed by atoms with Crippen LogP contribution in [-0.4, -0.2) is 27.7 Å². The van der Waals surface area contributed by atoms with Gasteiger partial charge >= 0.3 is 0 Å². The van der Waals surface area contributed by atoms with E-state index < -0.39 is 17.7 Å². The van der Waals surface area contributed by atoms with E-state index in [1.54, 1.807) is 29.2 Å². The number of carbonyl (C=O) groups is 2. The van der Waals surface area contributed by atoms with Crippen molar-refractivity contribution in [2.45, 2.75) is 44.2 Å². The van der Waals surface area contributed by atoms with E-state index in [2.05, 4.69) is 15.9 Å². The van der Waals surface area contributed by atoms with Gasteiger partial charge in [-0.05, 0) is 30.5 Å². The molecule has 4 rings (SSSR count). The van der Waals surface area contributed by atoms with E-state index in [1.165, 1.54) is 0 Å². The van der Waals surface area contributed by atoms with Crippen molar-refractivity contribution in [3.05, 3.63) is 75.8 Å². The zero-order valence-corrected chi connectivity index (χ0v) is 17.1. The number of aliphatic hydroxyl groups excluding tert-OH is 1. The highest BCUT2D eigenvalue weighted by Crippen LogP contribution is 2.43. The molecule has 2 aromatic carbocycles. The predicted octanol–water partition coefficient (Wildman–Crippen LogP) is 5.20. The van der Waals surface area contributed by atoms with Crippen LogP contribution in [0.1, 0.15) is 49.3 Å². The Morgan fingerprint density at radius 1 is 0.929 bits per heavy atom. The zero-order chi connectivity index (χ0) is 19.7. The van der Waals surface area contributed by atoms with Gasteiger partial charge in [0.2, 0.25) is 0 Å². The molecular weight excluding hydrogens is 418 g/mol. The lowest BCUT2D eigenvalue weighted by Crippen LogP contribution is -2.40. The largest absolute Gasteiger partial charge is 0.507 e. The first-order chi connectivity index (χ1) is 13.6. The molecule has 1 atom stereocenters. The van der Waals surface area contributed by atoms with E-state index in [0.29, 0.717) is 5.56 Å². The lowest BCUT2D eigenvalue weighted by molar-refractivity contribution is -0.141. The SMILES string of the molecule is O=C1C(=O)N(C2CCCCC2)[C@@H](c2ccc(Br)cc2)C1=C(O)c1ccccc1. The minimum Gasteiger partial charge on any atom is -0.507 e. The molecule has 1 aliphatic heterocycles. The van der Waals surface area contributed by atoms with Crippen LogP contribution in [0.5, 0.6) is 0 Å². The van der Waals surface area contributed by atoms with E-state index in [-0.39, 0.29) is 17.4 Å². The molecule has 0 radical (unpaired) electrons. The van der Waals surface area contributed by atoms with Crippen molar-refractivity contribution in [1.29, 1.82) is 0 Å². The topological polar surface area (TPSA) is 57.6 Å². The first-order valence-electron chi connectivity index (χ1n) is 9.69. The maximum Gasteiger partial charge on any atom is 0.295 e. The Balaban J connectivity index is 1.86. The Morgan fingerprint density at radius 3 is 2.21 bits per heavy atom. The molecule has 2 aliphatic rings. The van der Waals surface area contributed by atoms with Crippen molar-refractivity contribution >= 4 is 33.4 Å². The van der Waals surface area contributed by atoms with Gasteiger partial charge in [0.15, 0.2) is 0 Å². The van der Waals surface area contributed by atoms with Crippen molar-refractivity contribution in [2.75, 3.05) is 0 Å². The monoisotopic (exact) mass is 439 g/mol. The Hall–Kier alpha value is -2.40. The number of benzene rings is 2. The molecule has 1 amide bonds. The smallest absolute Gasteiger partial charge is 0.295 e. The van der Waals surface area contributed by atoms with Crippen LogP contribution in [0.4, 0.5) is 0 Å². The molecule has 0 spiro atoms. The summed E-state index contributed by atoms with van der Waals surface area (Å²) in [5.41, 5.74) is 1.57. The summed E-state index contributed by atoms with van der Waals surface area (Å²) >= 11 is 3.44. The van der Waals surface area contributed by atoms with Crippen LogP contribution in [0, 0.1) is 0 Å². The number of nitrogens with zero attached hydrogens (tertiary/aromatic N) is 1. The minimum absolute atomic E-state index is 0.0277. The van der Waals surface area contributed by atoms with Gasteiger partial charge in [0.05, 0.1) is 11.6 Å². The first kappa shape index (κ1) is 18.9. The highest BCUT2D eigenvalue weighted by molar-refractivity contribution is 9.10. The van der Waals surface area contributed by atoms with Gasteiger partial charge in [-0.3, -0.25) is 9.59 Å². The molecule has 4 nitrogen and oxygen atoms in total. The number of halogens is 1. The van der Waals surface area contributed by atoms with Gasteiger partial charge in [-0.1, -0.05) is 77.7 Å². The number of carbonyl (C=O) groups excluding carboxylic acids is 2. The highest BCUT2D eigenvalue weighted by atomic mass is 79.9. The molecule has 0 aromatic heterocycles. The van der Waals surface area contributed by atoms with Gasteiger partial charge in [0.1, 0.15) is 5.76 Å². The number of hydrogen-bond donors (Lipinski definition) is 1. The van der Waals surface area contributed by atoms with Gasteiger partial charge in [0.25, 0.3) is 11.7 Å². The van der Waals surface area contributed by atoms with Crippen molar-refractivity contribution < 1.29 is 14.7 Å². The minimum atomic E-state index is -0.597. The molecule has 1 saturated carbocycles. The third kappa shape index (κ3) is 3.39. The lowest BCUT2D eigenvalue weighted by atomic mass is 9.91. The maximum atomic E-state index is 13.0. The van der Waals surface area contributed by atoms with Crippen molar-refractivity contribution in [3.8, 4) is 0 Å². The van der Waals surface area contributed by atoms with E-state index in [4.69, 9.17) is 0 Å². The number of Topliss-reactive ketones (excluding diaryl/α,β-unsaturated/α-hetero) is 1. The van der Waals surface area contributed by atoms with Crippen LogP contribution in [0.2, 0.25) is 0 Å². The molecule has 0 bridgehead atoms. The quantitative estimate of drug-likeness (QED) is 0.405. The molecule has 1 saturated heterocycles. The molecule has 144 valence electrons. The average Bonchev–Trinajstić information content (AvgIpc) is 3.00. The Labute approximate surface area is 173 Å².